The van der Waals surface area contributed by atoms with Gasteiger partial charge in [0, 0.05) is 0 Å². The molecule has 0 bridgehead atoms. The number of phenols is 4. The van der Waals surface area contributed by atoms with Crippen LogP contribution in [0.2, 0.25) is 5.02 Å². The molecular formula is C22H19ClO4. The first-order valence-electron chi connectivity index (χ1n) is 8.57. The molecule has 0 fully saturated rings. The Morgan fingerprint density at radius 1 is 0.630 bits per heavy atom. The van der Waals surface area contributed by atoms with E-state index in [0.29, 0.717) is 5.56 Å². The molecule has 4 N–H and O–H groups in total. The molecule has 0 heterocycles. The third-order valence-corrected chi connectivity index (χ3v) is 4.73. The molecule has 0 radical (unpaired) electrons. The van der Waals surface area contributed by atoms with Gasteiger partial charge in [0.05, 0.1) is 5.56 Å². The Labute approximate surface area is 161 Å². The Hall–Kier alpha value is -3.11. The molecule has 0 spiro atoms. The van der Waals surface area contributed by atoms with Crippen molar-refractivity contribution in [3.8, 4) is 34.1 Å². The van der Waals surface area contributed by atoms with E-state index in [1.165, 1.54) is 0 Å². The van der Waals surface area contributed by atoms with Gasteiger partial charge in [-0.25, -0.2) is 0 Å². The van der Waals surface area contributed by atoms with Gasteiger partial charge in [-0.05, 0) is 33.2 Å². The predicted octanol–water partition coefficient (Wildman–Crippen LogP) is 6.16. The summed E-state index contributed by atoms with van der Waals surface area (Å²) >= 11 is 5.74. The fourth-order valence-electron chi connectivity index (χ4n) is 3.19. The van der Waals surface area contributed by atoms with Crippen molar-refractivity contribution in [1.82, 2.24) is 0 Å². The van der Waals surface area contributed by atoms with Gasteiger partial charge in [-0.3, -0.25) is 0 Å². The highest BCUT2D eigenvalue weighted by atomic mass is 35.5. The minimum Gasteiger partial charge on any atom is -0.504 e. The Balaban J connectivity index is 0.00000102. The van der Waals surface area contributed by atoms with Crippen LogP contribution in [0, 0.1) is 0 Å². The molecule has 0 atom stereocenters. The zero-order valence-electron chi connectivity index (χ0n) is 14.9. The summed E-state index contributed by atoms with van der Waals surface area (Å²) in [7, 11) is 0. The predicted molar refractivity (Wildman–Crippen MR) is 110 cm³/mol. The normalized spacial score (nSPS) is 10.6. The van der Waals surface area contributed by atoms with Crippen molar-refractivity contribution in [2.45, 2.75) is 13.8 Å². The van der Waals surface area contributed by atoms with E-state index in [-0.39, 0.29) is 5.56 Å². The maximum absolute atomic E-state index is 10.4. The number of rotatable bonds is 1. The van der Waals surface area contributed by atoms with Gasteiger partial charge in [0.1, 0.15) is 5.02 Å². The minimum absolute atomic E-state index is 0.0682. The maximum atomic E-state index is 10.4. The van der Waals surface area contributed by atoms with Crippen molar-refractivity contribution in [3.63, 3.8) is 0 Å². The summed E-state index contributed by atoms with van der Waals surface area (Å²) in [5.41, 5.74) is 0.410. The van der Waals surface area contributed by atoms with Crippen molar-refractivity contribution in [1.29, 1.82) is 0 Å². The van der Waals surface area contributed by atoms with Crippen LogP contribution in [0.15, 0.2) is 54.6 Å². The molecule has 4 rings (SSSR count). The lowest BCUT2D eigenvalue weighted by atomic mass is 9.92. The van der Waals surface area contributed by atoms with E-state index in [9.17, 15) is 20.4 Å². The Morgan fingerprint density at radius 2 is 1.11 bits per heavy atom. The third-order valence-electron chi connectivity index (χ3n) is 4.38. The van der Waals surface area contributed by atoms with Crippen LogP contribution in [-0.2, 0) is 0 Å². The molecule has 0 unspecified atom stereocenters. The van der Waals surface area contributed by atoms with E-state index >= 15 is 0 Å². The van der Waals surface area contributed by atoms with Crippen molar-refractivity contribution in [3.05, 3.63) is 59.6 Å². The van der Waals surface area contributed by atoms with E-state index in [2.05, 4.69) is 0 Å². The molecule has 4 nitrogen and oxygen atoms in total. The fraction of sp³-hybridized carbons (Fsp3) is 0.0909. The van der Waals surface area contributed by atoms with Gasteiger partial charge in [0.25, 0.3) is 0 Å². The molecule has 0 saturated heterocycles. The highest BCUT2D eigenvalue weighted by Gasteiger charge is 2.25. The largest absolute Gasteiger partial charge is 0.504 e. The van der Waals surface area contributed by atoms with Crippen molar-refractivity contribution in [2.24, 2.45) is 0 Å². The van der Waals surface area contributed by atoms with Gasteiger partial charge >= 0.3 is 0 Å². The van der Waals surface area contributed by atoms with Gasteiger partial charge in [-0.2, -0.15) is 0 Å². The van der Waals surface area contributed by atoms with Crippen molar-refractivity contribution in [2.75, 3.05) is 0 Å². The topological polar surface area (TPSA) is 80.9 Å². The summed E-state index contributed by atoms with van der Waals surface area (Å²) in [6.45, 7) is 4.00. The first-order valence-corrected chi connectivity index (χ1v) is 8.94. The van der Waals surface area contributed by atoms with Crippen LogP contribution >= 0.6 is 11.6 Å². The Kier molecular flexibility index (Phi) is 5.02. The van der Waals surface area contributed by atoms with Gasteiger partial charge in [-0.1, -0.05) is 74.0 Å². The Morgan fingerprint density at radius 3 is 1.70 bits per heavy atom. The van der Waals surface area contributed by atoms with E-state index in [4.69, 9.17) is 11.6 Å². The molecule has 0 amide bonds. The molecule has 0 aliphatic carbocycles. The zero-order valence-corrected chi connectivity index (χ0v) is 15.6. The summed E-state index contributed by atoms with van der Waals surface area (Å²) in [6.07, 6.45) is 0. The molecule has 4 aromatic carbocycles. The van der Waals surface area contributed by atoms with E-state index in [0.717, 1.165) is 21.5 Å². The quantitative estimate of drug-likeness (QED) is 0.180. The van der Waals surface area contributed by atoms with Gasteiger partial charge in [-0.15, -0.1) is 0 Å². The van der Waals surface area contributed by atoms with Crippen LogP contribution in [0.5, 0.6) is 23.0 Å². The highest BCUT2D eigenvalue weighted by Crippen LogP contribution is 2.54. The third kappa shape index (κ3) is 2.88. The van der Waals surface area contributed by atoms with Crippen LogP contribution in [0.25, 0.3) is 32.7 Å². The van der Waals surface area contributed by atoms with Crippen LogP contribution in [0.3, 0.4) is 0 Å². The number of aromatic hydroxyl groups is 4. The summed E-state index contributed by atoms with van der Waals surface area (Å²) < 4.78 is 0. The number of hydrogen-bond acceptors (Lipinski definition) is 4. The second kappa shape index (κ2) is 7.25. The molecule has 0 aliphatic rings. The van der Waals surface area contributed by atoms with Gasteiger partial charge < -0.3 is 20.4 Å². The number of phenolic OH excluding ortho intramolecular Hbond substituents is 4. The number of hydrogen-bond donors (Lipinski definition) is 4. The summed E-state index contributed by atoms with van der Waals surface area (Å²) in [6, 6.07) is 17.0. The molecule has 27 heavy (non-hydrogen) atoms. The zero-order chi connectivity index (χ0) is 19.7. The Bertz CT molecular complexity index is 1120. The second-order valence-corrected chi connectivity index (χ2v) is 6.15. The van der Waals surface area contributed by atoms with Crippen LogP contribution in [0.1, 0.15) is 13.8 Å². The van der Waals surface area contributed by atoms with Crippen LogP contribution in [0.4, 0.5) is 0 Å². The minimum atomic E-state index is -0.677. The second-order valence-electron chi connectivity index (χ2n) is 5.77. The smallest absolute Gasteiger partial charge is 0.181 e. The standard InChI is InChI=1S/C20H13ClO4.C2H6/c21-16-19(24)17(22)15(18(23)20(16)25)14-9-10-5-1-2-6-11(10)12-7-3-4-8-13(12)14;1-2/h1-9,22-25H;1-2H3. The lowest BCUT2D eigenvalue weighted by molar-refractivity contribution is 0.376. The van der Waals surface area contributed by atoms with E-state index in [1.54, 1.807) is 6.07 Å². The SMILES string of the molecule is CC.Oc1c(O)c(-c2cc3ccccc3c3ccccc23)c(O)c(O)c1Cl. The van der Waals surface area contributed by atoms with Gasteiger partial charge in [0.2, 0.25) is 0 Å². The average molecular weight is 383 g/mol. The molecule has 138 valence electrons. The molecule has 0 saturated carbocycles. The highest BCUT2D eigenvalue weighted by molar-refractivity contribution is 6.34. The molecule has 5 heteroatoms. The van der Waals surface area contributed by atoms with E-state index < -0.39 is 28.0 Å². The van der Waals surface area contributed by atoms with E-state index in [1.807, 2.05) is 62.4 Å². The number of benzene rings is 4. The van der Waals surface area contributed by atoms with Crippen molar-refractivity contribution < 1.29 is 20.4 Å². The molecule has 0 aromatic heterocycles. The van der Waals surface area contributed by atoms with Gasteiger partial charge in [0.15, 0.2) is 23.0 Å². The van der Waals surface area contributed by atoms with Crippen LogP contribution in [-0.4, -0.2) is 20.4 Å². The summed E-state index contributed by atoms with van der Waals surface area (Å²) in [4.78, 5) is 0. The fourth-order valence-corrected chi connectivity index (χ4v) is 3.36. The molecular weight excluding hydrogens is 364 g/mol. The number of fused-ring (bicyclic) bond motifs is 3. The molecule has 0 aliphatic heterocycles. The monoisotopic (exact) mass is 382 g/mol. The lowest BCUT2D eigenvalue weighted by Crippen LogP contribution is -1.88. The molecule has 4 aromatic rings. The average Bonchev–Trinajstić information content (AvgIpc) is 2.72. The summed E-state index contributed by atoms with van der Waals surface area (Å²) in [5, 5.41) is 43.8. The van der Waals surface area contributed by atoms with Crippen molar-refractivity contribution >= 4 is 33.1 Å². The first kappa shape index (κ1) is 18.7. The number of halogens is 1. The van der Waals surface area contributed by atoms with Crippen LogP contribution < -0.4 is 0 Å². The first-order chi connectivity index (χ1) is 13.0. The summed E-state index contributed by atoms with van der Waals surface area (Å²) in [5.74, 6) is -2.52. The lowest BCUT2D eigenvalue weighted by Gasteiger charge is -2.16. The maximum Gasteiger partial charge on any atom is 0.181 e.